The van der Waals surface area contributed by atoms with Gasteiger partial charge in [-0.1, -0.05) is 41.9 Å². The first-order valence-corrected chi connectivity index (χ1v) is 9.07. The van der Waals surface area contributed by atoms with Crippen LogP contribution < -0.4 is 10.2 Å². The average molecular weight is 398 g/mol. The van der Waals surface area contributed by atoms with Gasteiger partial charge in [0.1, 0.15) is 5.15 Å². The van der Waals surface area contributed by atoms with Crippen molar-refractivity contribution in [1.29, 1.82) is 0 Å². The van der Waals surface area contributed by atoms with Crippen molar-refractivity contribution in [3.8, 4) is 0 Å². The third-order valence-electron chi connectivity index (χ3n) is 4.18. The van der Waals surface area contributed by atoms with Crippen LogP contribution in [0.3, 0.4) is 0 Å². The molecule has 1 heterocycles. The van der Waals surface area contributed by atoms with E-state index in [1.165, 1.54) is 6.07 Å². The molecule has 1 N–H and O–H groups in total. The number of amides is 1. The van der Waals surface area contributed by atoms with E-state index >= 15 is 0 Å². The zero-order chi connectivity index (χ0) is 20.1. The number of halogens is 1. The molecule has 0 unspecified atom stereocenters. The molecule has 28 heavy (non-hydrogen) atoms. The summed E-state index contributed by atoms with van der Waals surface area (Å²) in [4.78, 5) is 30.6. The van der Waals surface area contributed by atoms with E-state index in [9.17, 15) is 9.59 Å². The van der Waals surface area contributed by atoms with E-state index in [-0.39, 0.29) is 23.2 Å². The molecule has 0 radical (unpaired) electrons. The lowest BCUT2D eigenvalue weighted by atomic mass is 10.1. The fraction of sp³-hybridized carbons (Fsp3) is 0.190. The number of benzene rings is 2. The van der Waals surface area contributed by atoms with Gasteiger partial charge in [-0.25, -0.2) is 9.78 Å². The number of rotatable bonds is 6. The second-order valence-corrected chi connectivity index (χ2v) is 6.81. The van der Waals surface area contributed by atoms with Crippen LogP contribution in [-0.2, 0) is 16.1 Å². The van der Waals surface area contributed by atoms with E-state index in [2.05, 4.69) is 10.3 Å². The van der Waals surface area contributed by atoms with Gasteiger partial charge in [0.25, 0.3) is 5.91 Å². The highest BCUT2D eigenvalue weighted by molar-refractivity contribution is 6.30. The molecule has 0 saturated carbocycles. The minimum absolute atomic E-state index is 0.191. The molecule has 0 fully saturated rings. The Labute approximate surface area is 168 Å². The zero-order valence-electron chi connectivity index (χ0n) is 15.6. The van der Waals surface area contributed by atoms with Gasteiger partial charge in [0, 0.05) is 31.7 Å². The molecular formula is C21H20ClN3O3. The van der Waals surface area contributed by atoms with Crippen LogP contribution in [0.2, 0.25) is 5.15 Å². The van der Waals surface area contributed by atoms with Crippen molar-refractivity contribution in [1.82, 2.24) is 10.3 Å². The number of ether oxygens (including phenoxy) is 1. The summed E-state index contributed by atoms with van der Waals surface area (Å²) < 4.78 is 5.15. The molecule has 0 aliphatic heterocycles. The normalized spacial score (nSPS) is 10.5. The van der Waals surface area contributed by atoms with Gasteiger partial charge in [0.2, 0.25) is 0 Å². The highest BCUT2D eigenvalue weighted by Gasteiger charge is 2.15. The molecule has 1 amide bonds. The number of para-hydroxylation sites is 1. The number of aromatic nitrogens is 1. The van der Waals surface area contributed by atoms with E-state index in [0.717, 1.165) is 11.3 Å². The monoisotopic (exact) mass is 397 g/mol. The highest BCUT2D eigenvalue weighted by atomic mass is 35.5. The van der Waals surface area contributed by atoms with Crippen molar-refractivity contribution < 1.29 is 14.3 Å². The van der Waals surface area contributed by atoms with Gasteiger partial charge in [0.05, 0.1) is 11.1 Å². The fourth-order valence-corrected chi connectivity index (χ4v) is 2.88. The molecule has 0 saturated heterocycles. The molecule has 0 aliphatic rings. The van der Waals surface area contributed by atoms with Crippen LogP contribution in [-0.4, -0.2) is 37.6 Å². The van der Waals surface area contributed by atoms with Gasteiger partial charge in [-0.2, -0.15) is 0 Å². The SMILES string of the molecule is CN(C)c1ccc(CNC(=O)COC(=O)c2cc(Cl)nc3ccccc23)cc1. The minimum atomic E-state index is -0.619. The Kier molecular flexibility index (Phi) is 6.11. The van der Waals surface area contributed by atoms with Crippen LogP contribution >= 0.6 is 11.6 Å². The molecule has 0 atom stereocenters. The maximum Gasteiger partial charge on any atom is 0.339 e. The molecule has 0 spiro atoms. The Hall–Kier alpha value is -3.12. The standard InChI is InChI=1S/C21H20ClN3O3/c1-25(2)15-9-7-14(8-10-15)12-23-20(26)13-28-21(27)17-11-19(22)24-18-6-4-3-5-16(17)18/h3-11H,12-13H2,1-2H3,(H,23,26). The van der Waals surface area contributed by atoms with Crippen LogP contribution in [0.15, 0.2) is 54.6 Å². The van der Waals surface area contributed by atoms with E-state index in [4.69, 9.17) is 16.3 Å². The summed E-state index contributed by atoms with van der Waals surface area (Å²) in [5.41, 5.74) is 2.90. The number of fused-ring (bicyclic) bond motifs is 1. The van der Waals surface area contributed by atoms with Crippen molar-refractivity contribution in [3.05, 3.63) is 70.9 Å². The average Bonchev–Trinajstić information content (AvgIpc) is 2.70. The molecule has 144 valence electrons. The van der Waals surface area contributed by atoms with Crippen LogP contribution in [0, 0.1) is 0 Å². The van der Waals surface area contributed by atoms with Crippen molar-refractivity contribution in [2.75, 3.05) is 25.6 Å². The second kappa shape index (κ2) is 8.71. The Morgan fingerprint density at radius 2 is 1.82 bits per heavy atom. The first-order chi connectivity index (χ1) is 13.4. The Morgan fingerprint density at radius 3 is 2.54 bits per heavy atom. The maximum atomic E-state index is 12.4. The summed E-state index contributed by atoms with van der Waals surface area (Å²) >= 11 is 5.98. The van der Waals surface area contributed by atoms with Gasteiger partial charge >= 0.3 is 5.97 Å². The molecule has 7 heteroatoms. The largest absolute Gasteiger partial charge is 0.452 e. The summed E-state index contributed by atoms with van der Waals surface area (Å²) in [6.07, 6.45) is 0. The first kappa shape index (κ1) is 19.6. The second-order valence-electron chi connectivity index (χ2n) is 6.42. The number of esters is 1. The lowest BCUT2D eigenvalue weighted by Crippen LogP contribution is -2.28. The Morgan fingerprint density at radius 1 is 1.11 bits per heavy atom. The number of carbonyl (C=O) groups is 2. The lowest BCUT2D eigenvalue weighted by molar-refractivity contribution is -0.124. The zero-order valence-corrected chi connectivity index (χ0v) is 16.4. The number of hydrogen-bond acceptors (Lipinski definition) is 5. The number of anilines is 1. The summed E-state index contributed by atoms with van der Waals surface area (Å²) in [7, 11) is 3.93. The third-order valence-corrected chi connectivity index (χ3v) is 4.38. The summed E-state index contributed by atoms with van der Waals surface area (Å²) in [6.45, 7) is -0.0169. The van der Waals surface area contributed by atoms with E-state index in [1.807, 2.05) is 43.3 Å². The van der Waals surface area contributed by atoms with Crippen molar-refractivity contribution in [2.45, 2.75) is 6.54 Å². The maximum absolute atomic E-state index is 12.4. The number of pyridine rings is 1. The molecule has 0 aliphatic carbocycles. The van der Waals surface area contributed by atoms with Crippen molar-refractivity contribution >= 4 is 40.1 Å². The smallest absolute Gasteiger partial charge is 0.339 e. The number of nitrogens with one attached hydrogen (secondary N) is 1. The highest BCUT2D eigenvalue weighted by Crippen LogP contribution is 2.21. The fourth-order valence-electron chi connectivity index (χ4n) is 2.68. The molecular weight excluding hydrogens is 378 g/mol. The number of carbonyl (C=O) groups excluding carboxylic acids is 2. The van der Waals surface area contributed by atoms with Gasteiger partial charge in [-0.3, -0.25) is 4.79 Å². The van der Waals surface area contributed by atoms with E-state index in [1.54, 1.807) is 24.3 Å². The predicted octanol–water partition coefficient (Wildman–Crippen LogP) is 3.43. The van der Waals surface area contributed by atoms with Crippen LogP contribution in [0.1, 0.15) is 15.9 Å². The van der Waals surface area contributed by atoms with Crippen molar-refractivity contribution in [3.63, 3.8) is 0 Å². The molecule has 6 nitrogen and oxygen atoms in total. The third kappa shape index (κ3) is 4.78. The molecule has 0 bridgehead atoms. The van der Waals surface area contributed by atoms with Crippen LogP contribution in [0.25, 0.3) is 10.9 Å². The molecule has 3 rings (SSSR count). The quantitative estimate of drug-likeness (QED) is 0.509. The van der Waals surface area contributed by atoms with Crippen LogP contribution in [0.4, 0.5) is 5.69 Å². The minimum Gasteiger partial charge on any atom is -0.452 e. The molecule has 3 aromatic rings. The predicted molar refractivity (Wildman–Crippen MR) is 110 cm³/mol. The lowest BCUT2D eigenvalue weighted by Gasteiger charge is -2.13. The van der Waals surface area contributed by atoms with E-state index in [0.29, 0.717) is 17.4 Å². The van der Waals surface area contributed by atoms with Gasteiger partial charge < -0.3 is 15.0 Å². The molecule has 2 aromatic carbocycles. The van der Waals surface area contributed by atoms with E-state index < -0.39 is 5.97 Å². The van der Waals surface area contributed by atoms with Gasteiger partial charge in [0.15, 0.2) is 6.61 Å². The Bertz CT molecular complexity index is 1000. The number of hydrogen-bond donors (Lipinski definition) is 1. The first-order valence-electron chi connectivity index (χ1n) is 8.69. The Balaban J connectivity index is 1.57. The summed E-state index contributed by atoms with van der Waals surface area (Å²) in [6, 6.07) is 16.4. The summed E-state index contributed by atoms with van der Waals surface area (Å²) in [5, 5.41) is 3.55. The summed E-state index contributed by atoms with van der Waals surface area (Å²) in [5.74, 6) is -1.000. The van der Waals surface area contributed by atoms with Gasteiger partial charge in [-0.05, 0) is 29.8 Å². The number of nitrogens with zero attached hydrogens (tertiary/aromatic N) is 2. The van der Waals surface area contributed by atoms with Gasteiger partial charge in [-0.15, -0.1) is 0 Å². The molecule has 1 aromatic heterocycles. The van der Waals surface area contributed by atoms with Crippen molar-refractivity contribution in [2.24, 2.45) is 0 Å². The van der Waals surface area contributed by atoms with Crippen LogP contribution in [0.5, 0.6) is 0 Å². The topological polar surface area (TPSA) is 71.5 Å².